The number of aromatic amines is 1. The van der Waals surface area contributed by atoms with E-state index in [4.69, 9.17) is 4.74 Å². The van der Waals surface area contributed by atoms with Crippen molar-refractivity contribution in [3.05, 3.63) is 72.3 Å². The summed E-state index contributed by atoms with van der Waals surface area (Å²) in [7, 11) is 1.63. The lowest BCUT2D eigenvalue weighted by Gasteiger charge is -2.31. The predicted octanol–water partition coefficient (Wildman–Crippen LogP) is 5.84. The number of amides is 1. The number of carbonyl (C=O) groups is 1. The van der Waals surface area contributed by atoms with Crippen LogP contribution in [0.1, 0.15) is 33.3 Å². The molecule has 8 nitrogen and oxygen atoms in total. The number of benzene rings is 3. The van der Waals surface area contributed by atoms with Crippen molar-refractivity contribution in [2.45, 2.75) is 34.1 Å². The number of H-pyrrole nitrogens is 1. The summed E-state index contributed by atoms with van der Waals surface area (Å²) in [4.78, 5) is 15.6. The summed E-state index contributed by atoms with van der Waals surface area (Å²) in [6, 6.07) is 21.8. The highest BCUT2D eigenvalue weighted by atomic mass is 16.5. The maximum Gasteiger partial charge on any atom is 0.228 e. The molecule has 198 valence electrons. The molecule has 2 N–H and O–H groups in total. The molecule has 0 saturated carbocycles. The number of rotatable bonds is 11. The fraction of sp³-hybridized carbons (Fsp3) is 0.333. The van der Waals surface area contributed by atoms with Crippen molar-refractivity contribution >= 4 is 17.3 Å². The first-order chi connectivity index (χ1) is 18.3. The molecule has 0 fully saturated rings. The summed E-state index contributed by atoms with van der Waals surface area (Å²) in [5.41, 5.74) is 5.50. The van der Waals surface area contributed by atoms with Gasteiger partial charge in [0.25, 0.3) is 0 Å². The maximum absolute atomic E-state index is 13.3. The van der Waals surface area contributed by atoms with Gasteiger partial charge in [0.2, 0.25) is 11.7 Å². The van der Waals surface area contributed by atoms with Crippen LogP contribution in [0.5, 0.6) is 5.75 Å². The van der Waals surface area contributed by atoms with Crippen LogP contribution in [-0.2, 0) is 11.2 Å². The average Bonchev–Trinajstić information content (AvgIpc) is 3.43. The number of ether oxygens (including phenoxy) is 1. The second kappa shape index (κ2) is 12.4. The number of methoxy groups -OCH3 is 1. The number of carbonyl (C=O) groups excluding carboxylic acids is 1. The Hall–Kier alpha value is -4.20. The second-order valence-corrected chi connectivity index (χ2v) is 10.3. The van der Waals surface area contributed by atoms with Gasteiger partial charge < -0.3 is 15.0 Å². The van der Waals surface area contributed by atoms with E-state index in [1.807, 2.05) is 54.6 Å². The molecule has 1 heterocycles. The molecule has 0 saturated heterocycles. The average molecular weight is 513 g/mol. The van der Waals surface area contributed by atoms with Gasteiger partial charge in [0, 0.05) is 18.7 Å². The third-order valence-corrected chi connectivity index (χ3v) is 6.13. The van der Waals surface area contributed by atoms with Crippen LogP contribution in [0.25, 0.3) is 22.5 Å². The first-order valence-electron chi connectivity index (χ1n) is 13.0. The molecule has 4 rings (SSSR count). The molecule has 8 heteroatoms. The normalized spacial score (nSPS) is 11.1. The summed E-state index contributed by atoms with van der Waals surface area (Å²) in [6.07, 6.45) is 0.265. The van der Waals surface area contributed by atoms with E-state index in [0.29, 0.717) is 17.7 Å². The van der Waals surface area contributed by atoms with Crippen molar-refractivity contribution in [2.75, 3.05) is 30.4 Å². The van der Waals surface area contributed by atoms with E-state index in [1.165, 1.54) is 0 Å². The lowest BCUT2D eigenvalue weighted by Crippen LogP contribution is -2.32. The largest absolute Gasteiger partial charge is 0.497 e. The molecule has 0 spiro atoms. The summed E-state index contributed by atoms with van der Waals surface area (Å²) >= 11 is 0. The van der Waals surface area contributed by atoms with E-state index < -0.39 is 0 Å². The zero-order chi connectivity index (χ0) is 27.1. The van der Waals surface area contributed by atoms with Crippen LogP contribution >= 0.6 is 0 Å². The van der Waals surface area contributed by atoms with Crippen LogP contribution in [0, 0.1) is 11.8 Å². The number of nitrogens with zero attached hydrogens (tertiary/aromatic N) is 4. The molecular formula is C30H36N6O2. The van der Waals surface area contributed by atoms with Crippen LogP contribution in [0.15, 0.2) is 66.7 Å². The van der Waals surface area contributed by atoms with Gasteiger partial charge in [-0.25, -0.2) is 0 Å². The van der Waals surface area contributed by atoms with Gasteiger partial charge in [-0.15, -0.1) is 10.2 Å². The molecule has 0 aliphatic carbocycles. The lowest BCUT2D eigenvalue weighted by atomic mass is 9.97. The van der Waals surface area contributed by atoms with Crippen molar-refractivity contribution in [2.24, 2.45) is 11.8 Å². The van der Waals surface area contributed by atoms with Gasteiger partial charge >= 0.3 is 0 Å². The number of anilines is 2. The van der Waals surface area contributed by atoms with Gasteiger partial charge in [-0.1, -0.05) is 70.2 Å². The lowest BCUT2D eigenvalue weighted by molar-refractivity contribution is -0.115. The SMILES string of the molecule is COc1ccc(CC(=O)Nc2cc(-c3ccccc3-c3nn[nH]n3)ccc2N(CC(C)C)CC(C)C)cc1. The van der Waals surface area contributed by atoms with E-state index >= 15 is 0 Å². The minimum absolute atomic E-state index is 0.0749. The third-order valence-electron chi connectivity index (χ3n) is 6.13. The molecule has 0 bridgehead atoms. The van der Waals surface area contributed by atoms with Crippen LogP contribution in [0.4, 0.5) is 11.4 Å². The number of hydrogen-bond donors (Lipinski definition) is 2. The summed E-state index contributed by atoms with van der Waals surface area (Å²) < 4.78 is 5.25. The Morgan fingerprint density at radius 2 is 1.63 bits per heavy atom. The van der Waals surface area contributed by atoms with E-state index in [2.05, 4.69) is 70.7 Å². The van der Waals surface area contributed by atoms with Gasteiger partial charge in [0.05, 0.1) is 24.9 Å². The number of nitrogens with one attached hydrogen (secondary N) is 2. The standard InChI is InChI=1S/C30H36N6O2/c1-20(2)18-36(19-21(3)4)28-15-12-23(25-8-6-7-9-26(25)30-32-34-35-33-30)17-27(28)31-29(37)16-22-10-13-24(38-5)14-11-22/h6-15,17,20-21H,16,18-19H2,1-5H3,(H,31,37)(H,32,33,34,35). The monoisotopic (exact) mass is 512 g/mol. The highest BCUT2D eigenvalue weighted by Crippen LogP contribution is 2.36. The topological polar surface area (TPSA) is 96.0 Å². The zero-order valence-electron chi connectivity index (χ0n) is 22.7. The zero-order valence-corrected chi connectivity index (χ0v) is 22.7. The quantitative estimate of drug-likeness (QED) is 0.262. The van der Waals surface area contributed by atoms with E-state index in [-0.39, 0.29) is 12.3 Å². The van der Waals surface area contributed by atoms with Crippen molar-refractivity contribution in [1.29, 1.82) is 0 Å². The van der Waals surface area contributed by atoms with Crippen LogP contribution < -0.4 is 15.0 Å². The Morgan fingerprint density at radius 3 is 2.24 bits per heavy atom. The Morgan fingerprint density at radius 1 is 0.947 bits per heavy atom. The molecule has 1 amide bonds. The second-order valence-electron chi connectivity index (χ2n) is 10.3. The van der Waals surface area contributed by atoms with Crippen molar-refractivity contribution < 1.29 is 9.53 Å². The summed E-state index contributed by atoms with van der Waals surface area (Å²) in [5, 5.41) is 17.8. The minimum Gasteiger partial charge on any atom is -0.497 e. The Bertz CT molecular complexity index is 1320. The molecule has 1 aromatic heterocycles. The summed E-state index contributed by atoms with van der Waals surface area (Å²) in [6.45, 7) is 10.6. The number of hydrogen-bond acceptors (Lipinski definition) is 6. The van der Waals surface area contributed by atoms with E-state index in [1.54, 1.807) is 7.11 Å². The van der Waals surface area contributed by atoms with Gasteiger partial charge in [0.15, 0.2) is 0 Å². The number of tetrazole rings is 1. The van der Waals surface area contributed by atoms with Gasteiger partial charge in [-0.3, -0.25) is 4.79 Å². The fourth-order valence-electron chi connectivity index (χ4n) is 4.56. The number of aromatic nitrogens is 4. The molecule has 0 aliphatic heterocycles. The molecule has 0 unspecified atom stereocenters. The highest BCUT2D eigenvalue weighted by Gasteiger charge is 2.19. The first-order valence-corrected chi connectivity index (χ1v) is 13.0. The van der Waals surface area contributed by atoms with Gasteiger partial charge in [0.1, 0.15) is 5.75 Å². The Balaban J connectivity index is 1.72. The Kier molecular flexibility index (Phi) is 8.73. The van der Waals surface area contributed by atoms with E-state index in [0.717, 1.165) is 52.5 Å². The smallest absolute Gasteiger partial charge is 0.228 e. The van der Waals surface area contributed by atoms with Crippen molar-refractivity contribution in [3.8, 4) is 28.3 Å². The molecule has 3 aromatic carbocycles. The Labute approximate surface area is 224 Å². The minimum atomic E-state index is -0.0749. The van der Waals surface area contributed by atoms with Crippen LogP contribution in [-0.4, -0.2) is 46.7 Å². The van der Waals surface area contributed by atoms with Gasteiger partial charge in [-0.05, 0) is 58.0 Å². The van der Waals surface area contributed by atoms with E-state index in [9.17, 15) is 4.79 Å². The first kappa shape index (κ1) is 26.9. The molecule has 0 atom stereocenters. The third kappa shape index (κ3) is 6.76. The maximum atomic E-state index is 13.3. The summed E-state index contributed by atoms with van der Waals surface area (Å²) in [5.74, 6) is 2.15. The molecule has 0 radical (unpaired) electrons. The fourth-order valence-corrected chi connectivity index (χ4v) is 4.56. The molecule has 4 aromatic rings. The van der Waals surface area contributed by atoms with Crippen molar-refractivity contribution in [3.63, 3.8) is 0 Å². The van der Waals surface area contributed by atoms with Crippen LogP contribution in [0.2, 0.25) is 0 Å². The van der Waals surface area contributed by atoms with Crippen molar-refractivity contribution in [1.82, 2.24) is 20.6 Å². The predicted molar refractivity (Wildman–Crippen MR) is 152 cm³/mol. The molecular weight excluding hydrogens is 476 g/mol. The molecule has 38 heavy (non-hydrogen) atoms. The van der Waals surface area contributed by atoms with Crippen LogP contribution in [0.3, 0.4) is 0 Å². The van der Waals surface area contributed by atoms with Gasteiger partial charge in [-0.2, -0.15) is 5.21 Å². The molecule has 0 aliphatic rings. The highest BCUT2D eigenvalue weighted by molar-refractivity contribution is 5.97.